The molecule has 28 heavy (non-hydrogen) atoms. The van der Waals surface area contributed by atoms with Gasteiger partial charge in [0.2, 0.25) is 5.91 Å². The number of hydrogen-bond donors (Lipinski definition) is 0. The van der Waals surface area contributed by atoms with Crippen LogP contribution in [-0.4, -0.2) is 78.5 Å². The SMILES string of the molecule is CCOC(=O)C1CCCN(C(=O)C(C)N2CCN(Cc3ccccc3)CC2)C1. The molecule has 6 nitrogen and oxygen atoms in total. The van der Waals surface area contributed by atoms with Crippen molar-refractivity contribution in [1.82, 2.24) is 14.7 Å². The first kappa shape index (κ1) is 20.8. The number of carbonyl (C=O) groups excluding carboxylic acids is 2. The van der Waals surface area contributed by atoms with Gasteiger partial charge in [-0.15, -0.1) is 0 Å². The fourth-order valence-corrected chi connectivity index (χ4v) is 4.20. The molecule has 2 atom stereocenters. The third kappa shape index (κ3) is 5.32. The number of likely N-dealkylation sites (tertiary alicyclic amines) is 1. The second-order valence-corrected chi connectivity index (χ2v) is 7.85. The Balaban J connectivity index is 1.48. The van der Waals surface area contributed by atoms with E-state index in [4.69, 9.17) is 4.74 Å². The summed E-state index contributed by atoms with van der Waals surface area (Å²) in [4.78, 5) is 31.7. The Hall–Kier alpha value is -1.92. The van der Waals surface area contributed by atoms with Gasteiger partial charge in [-0.3, -0.25) is 19.4 Å². The number of hydrogen-bond acceptors (Lipinski definition) is 5. The highest BCUT2D eigenvalue weighted by molar-refractivity contribution is 5.82. The molecule has 1 aromatic rings. The standard InChI is InChI=1S/C22H33N3O3/c1-3-28-22(27)20-10-7-11-25(17-20)21(26)18(2)24-14-12-23(13-15-24)16-19-8-5-4-6-9-19/h4-6,8-9,18,20H,3,7,10-17H2,1-2H3. The lowest BCUT2D eigenvalue weighted by molar-refractivity contribution is -0.152. The van der Waals surface area contributed by atoms with Gasteiger partial charge in [-0.05, 0) is 32.3 Å². The zero-order valence-corrected chi connectivity index (χ0v) is 17.2. The van der Waals surface area contributed by atoms with Gasteiger partial charge in [-0.25, -0.2) is 0 Å². The molecule has 0 radical (unpaired) electrons. The van der Waals surface area contributed by atoms with Crippen molar-refractivity contribution in [2.24, 2.45) is 5.92 Å². The van der Waals surface area contributed by atoms with Gasteiger partial charge in [0.25, 0.3) is 0 Å². The summed E-state index contributed by atoms with van der Waals surface area (Å²) >= 11 is 0. The maximum absolute atomic E-state index is 13.0. The minimum absolute atomic E-state index is 0.139. The summed E-state index contributed by atoms with van der Waals surface area (Å²) in [7, 11) is 0. The Kier molecular flexibility index (Phi) is 7.45. The monoisotopic (exact) mass is 387 g/mol. The highest BCUT2D eigenvalue weighted by atomic mass is 16.5. The van der Waals surface area contributed by atoms with Crippen LogP contribution in [0.5, 0.6) is 0 Å². The van der Waals surface area contributed by atoms with E-state index in [-0.39, 0.29) is 23.8 Å². The van der Waals surface area contributed by atoms with E-state index in [9.17, 15) is 9.59 Å². The number of ether oxygens (including phenoxy) is 1. The number of nitrogens with zero attached hydrogens (tertiary/aromatic N) is 3. The van der Waals surface area contributed by atoms with E-state index in [2.05, 4.69) is 34.1 Å². The molecule has 0 saturated carbocycles. The van der Waals surface area contributed by atoms with Gasteiger partial charge in [-0.1, -0.05) is 30.3 Å². The van der Waals surface area contributed by atoms with Crippen LogP contribution in [-0.2, 0) is 20.9 Å². The van der Waals surface area contributed by atoms with Crippen molar-refractivity contribution < 1.29 is 14.3 Å². The van der Waals surface area contributed by atoms with Gasteiger partial charge < -0.3 is 9.64 Å². The van der Waals surface area contributed by atoms with E-state index in [0.717, 1.165) is 52.1 Å². The van der Waals surface area contributed by atoms with E-state index in [1.165, 1.54) is 5.56 Å². The summed E-state index contributed by atoms with van der Waals surface area (Å²) in [5.41, 5.74) is 1.33. The Morgan fingerprint density at radius 2 is 1.82 bits per heavy atom. The normalized spacial score (nSPS) is 22.6. The molecule has 2 aliphatic heterocycles. The van der Waals surface area contributed by atoms with E-state index < -0.39 is 0 Å². The van der Waals surface area contributed by atoms with Crippen LogP contribution in [0.4, 0.5) is 0 Å². The van der Waals surface area contributed by atoms with Gasteiger partial charge in [0.05, 0.1) is 18.6 Å². The number of carbonyl (C=O) groups is 2. The van der Waals surface area contributed by atoms with Crippen LogP contribution >= 0.6 is 0 Å². The summed E-state index contributed by atoms with van der Waals surface area (Å²) in [6.45, 7) is 10.2. The molecule has 2 unspecified atom stereocenters. The summed E-state index contributed by atoms with van der Waals surface area (Å²) in [5.74, 6) is -0.194. The molecule has 2 aliphatic rings. The fourth-order valence-electron chi connectivity index (χ4n) is 4.20. The molecule has 0 bridgehead atoms. The molecule has 2 fully saturated rings. The zero-order valence-electron chi connectivity index (χ0n) is 17.2. The minimum atomic E-state index is -0.174. The van der Waals surface area contributed by atoms with Crippen molar-refractivity contribution in [1.29, 1.82) is 0 Å². The second kappa shape index (κ2) is 10.0. The molecular formula is C22H33N3O3. The van der Waals surface area contributed by atoms with Crippen LogP contribution in [0.25, 0.3) is 0 Å². The minimum Gasteiger partial charge on any atom is -0.466 e. The van der Waals surface area contributed by atoms with Crippen molar-refractivity contribution in [2.75, 3.05) is 45.9 Å². The van der Waals surface area contributed by atoms with Crippen molar-refractivity contribution in [3.63, 3.8) is 0 Å². The lowest BCUT2D eigenvalue weighted by Crippen LogP contribution is -2.55. The fraction of sp³-hybridized carbons (Fsp3) is 0.636. The van der Waals surface area contributed by atoms with Crippen LogP contribution < -0.4 is 0 Å². The maximum Gasteiger partial charge on any atom is 0.310 e. The summed E-state index contributed by atoms with van der Waals surface area (Å²) in [5, 5.41) is 0. The largest absolute Gasteiger partial charge is 0.466 e. The van der Waals surface area contributed by atoms with Crippen LogP contribution in [0.2, 0.25) is 0 Å². The Morgan fingerprint density at radius 1 is 1.11 bits per heavy atom. The lowest BCUT2D eigenvalue weighted by atomic mass is 9.97. The Labute approximate surface area is 168 Å². The smallest absolute Gasteiger partial charge is 0.310 e. The van der Waals surface area contributed by atoms with Gasteiger partial charge in [-0.2, -0.15) is 0 Å². The molecule has 0 aromatic heterocycles. The van der Waals surface area contributed by atoms with Crippen LogP contribution in [0.3, 0.4) is 0 Å². The number of piperazine rings is 1. The number of amides is 1. The Bertz CT molecular complexity index is 644. The second-order valence-electron chi connectivity index (χ2n) is 7.85. The molecule has 0 N–H and O–H groups in total. The van der Waals surface area contributed by atoms with Crippen molar-refractivity contribution >= 4 is 11.9 Å². The third-order valence-electron chi connectivity index (χ3n) is 5.91. The van der Waals surface area contributed by atoms with Crippen molar-refractivity contribution in [3.8, 4) is 0 Å². The first-order valence-corrected chi connectivity index (χ1v) is 10.5. The Morgan fingerprint density at radius 3 is 2.50 bits per heavy atom. The molecule has 3 rings (SSSR count). The number of piperidine rings is 1. The lowest BCUT2D eigenvalue weighted by Gasteiger charge is -2.40. The molecule has 2 saturated heterocycles. The highest BCUT2D eigenvalue weighted by Gasteiger charge is 2.33. The number of rotatable bonds is 6. The molecule has 0 aliphatic carbocycles. The van der Waals surface area contributed by atoms with Crippen LogP contribution in [0.15, 0.2) is 30.3 Å². The van der Waals surface area contributed by atoms with Crippen LogP contribution in [0.1, 0.15) is 32.3 Å². The highest BCUT2D eigenvalue weighted by Crippen LogP contribution is 2.20. The van der Waals surface area contributed by atoms with Gasteiger partial charge in [0, 0.05) is 45.8 Å². The van der Waals surface area contributed by atoms with Crippen molar-refractivity contribution in [3.05, 3.63) is 35.9 Å². The summed E-state index contributed by atoms with van der Waals surface area (Å²) in [6, 6.07) is 10.4. The van der Waals surface area contributed by atoms with Crippen molar-refractivity contribution in [2.45, 2.75) is 39.3 Å². The molecule has 0 spiro atoms. The summed E-state index contributed by atoms with van der Waals surface area (Å²) < 4.78 is 5.15. The van der Waals surface area contributed by atoms with Crippen LogP contribution in [0, 0.1) is 5.92 Å². The molecule has 154 valence electrons. The average molecular weight is 388 g/mol. The van der Waals surface area contributed by atoms with Gasteiger partial charge >= 0.3 is 5.97 Å². The summed E-state index contributed by atoms with van der Waals surface area (Å²) in [6.07, 6.45) is 1.68. The molecule has 1 amide bonds. The van der Waals surface area contributed by atoms with E-state index >= 15 is 0 Å². The predicted molar refractivity (Wildman–Crippen MR) is 109 cm³/mol. The molecule has 2 heterocycles. The first-order chi connectivity index (χ1) is 13.6. The van der Waals surface area contributed by atoms with E-state index in [1.54, 1.807) is 0 Å². The van der Waals surface area contributed by atoms with Gasteiger partial charge in [0.1, 0.15) is 0 Å². The topological polar surface area (TPSA) is 53.1 Å². The predicted octanol–water partition coefficient (Wildman–Crippen LogP) is 1.99. The zero-order chi connectivity index (χ0) is 19.9. The quantitative estimate of drug-likeness (QED) is 0.699. The molecule has 1 aromatic carbocycles. The van der Waals surface area contributed by atoms with E-state index in [0.29, 0.717) is 13.2 Å². The first-order valence-electron chi connectivity index (χ1n) is 10.5. The average Bonchev–Trinajstić information content (AvgIpc) is 2.74. The van der Waals surface area contributed by atoms with Gasteiger partial charge in [0.15, 0.2) is 0 Å². The molecular weight excluding hydrogens is 354 g/mol. The molecule has 6 heteroatoms. The number of esters is 1. The maximum atomic E-state index is 13.0. The number of benzene rings is 1. The van der Waals surface area contributed by atoms with E-state index in [1.807, 2.05) is 24.8 Å². The third-order valence-corrected chi connectivity index (χ3v) is 5.91.